The first-order chi connectivity index (χ1) is 11.0. The lowest BCUT2D eigenvalue weighted by Gasteiger charge is -2.33. The number of likely N-dealkylation sites (tertiary alicyclic amines) is 1. The summed E-state index contributed by atoms with van der Waals surface area (Å²) >= 11 is 0. The van der Waals surface area contributed by atoms with Gasteiger partial charge in [0.15, 0.2) is 0 Å². The highest BCUT2D eigenvalue weighted by molar-refractivity contribution is 5.74. The number of hydrogen-bond acceptors (Lipinski definition) is 3. The first-order valence-corrected chi connectivity index (χ1v) is 9.44. The average Bonchev–Trinajstić information content (AvgIpc) is 2.90. The molecule has 2 rings (SSSR count). The monoisotopic (exact) mass is 325 g/mol. The molecular formula is C18H35N3O2. The number of carbonyl (C=O) groups excluding carboxylic acids is 1. The molecule has 5 nitrogen and oxygen atoms in total. The maximum Gasteiger partial charge on any atom is 0.315 e. The van der Waals surface area contributed by atoms with Gasteiger partial charge in [0.05, 0.1) is 6.61 Å². The van der Waals surface area contributed by atoms with Gasteiger partial charge < -0.3 is 20.6 Å². The predicted molar refractivity (Wildman–Crippen MR) is 93.5 cm³/mol. The van der Waals surface area contributed by atoms with Gasteiger partial charge in [-0.2, -0.15) is 0 Å². The Hall–Kier alpha value is -0.810. The quantitative estimate of drug-likeness (QED) is 0.630. The summed E-state index contributed by atoms with van der Waals surface area (Å²) in [5.74, 6) is 0. The van der Waals surface area contributed by atoms with E-state index in [1.807, 2.05) is 0 Å². The van der Waals surface area contributed by atoms with E-state index in [2.05, 4.69) is 29.4 Å². The number of nitrogens with zero attached hydrogens (tertiary/aromatic N) is 1. The van der Waals surface area contributed by atoms with Crippen molar-refractivity contribution >= 4 is 6.03 Å². The summed E-state index contributed by atoms with van der Waals surface area (Å²) in [6.45, 7) is 7.64. The second-order valence-corrected chi connectivity index (χ2v) is 7.75. The van der Waals surface area contributed by atoms with Crippen LogP contribution < -0.4 is 10.6 Å². The molecule has 2 aliphatic rings. The van der Waals surface area contributed by atoms with Crippen LogP contribution in [0, 0.1) is 5.41 Å². The highest BCUT2D eigenvalue weighted by Crippen LogP contribution is 2.37. The molecule has 1 aliphatic heterocycles. The van der Waals surface area contributed by atoms with Crippen molar-refractivity contribution in [1.82, 2.24) is 15.5 Å². The van der Waals surface area contributed by atoms with E-state index in [0.29, 0.717) is 0 Å². The Morgan fingerprint density at radius 2 is 2.09 bits per heavy atom. The van der Waals surface area contributed by atoms with E-state index in [0.717, 1.165) is 51.2 Å². The molecule has 3 unspecified atom stereocenters. The topological polar surface area (TPSA) is 64.6 Å². The molecule has 5 heteroatoms. The fourth-order valence-electron chi connectivity index (χ4n) is 4.01. The molecule has 1 saturated heterocycles. The average molecular weight is 325 g/mol. The summed E-state index contributed by atoms with van der Waals surface area (Å²) in [5.41, 5.74) is -0.151. The van der Waals surface area contributed by atoms with Crippen molar-refractivity contribution in [1.29, 1.82) is 0 Å². The zero-order valence-electron chi connectivity index (χ0n) is 14.9. The second-order valence-electron chi connectivity index (χ2n) is 7.75. The maximum atomic E-state index is 12.0. The van der Waals surface area contributed by atoms with Crippen molar-refractivity contribution in [3.05, 3.63) is 0 Å². The van der Waals surface area contributed by atoms with Crippen molar-refractivity contribution in [2.75, 3.05) is 26.2 Å². The molecule has 3 atom stereocenters. The fraction of sp³-hybridized carbons (Fsp3) is 0.944. The van der Waals surface area contributed by atoms with E-state index in [1.54, 1.807) is 0 Å². The minimum Gasteiger partial charge on any atom is -0.396 e. The van der Waals surface area contributed by atoms with Crippen molar-refractivity contribution in [3.8, 4) is 0 Å². The van der Waals surface area contributed by atoms with Gasteiger partial charge >= 0.3 is 6.03 Å². The normalized spacial score (nSPS) is 32.0. The van der Waals surface area contributed by atoms with Crippen LogP contribution in [-0.2, 0) is 0 Å². The minimum absolute atomic E-state index is 0.0806. The fourth-order valence-corrected chi connectivity index (χ4v) is 4.01. The van der Waals surface area contributed by atoms with Gasteiger partial charge in [0.1, 0.15) is 0 Å². The molecule has 3 N–H and O–H groups in total. The van der Waals surface area contributed by atoms with Gasteiger partial charge in [-0.1, -0.05) is 19.8 Å². The summed E-state index contributed by atoms with van der Waals surface area (Å²) in [5, 5.41) is 15.5. The van der Waals surface area contributed by atoms with Gasteiger partial charge in [-0.15, -0.1) is 0 Å². The van der Waals surface area contributed by atoms with E-state index in [1.165, 1.54) is 25.8 Å². The van der Waals surface area contributed by atoms with Crippen LogP contribution in [0.3, 0.4) is 0 Å². The lowest BCUT2D eigenvalue weighted by molar-refractivity contribution is 0.121. The zero-order valence-corrected chi connectivity index (χ0v) is 14.9. The molecule has 2 fully saturated rings. The molecule has 0 radical (unpaired) electrons. The molecule has 1 aliphatic carbocycles. The number of urea groups is 1. The number of amides is 2. The highest BCUT2D eigenvalue weighted by Gasteiger charge is 2.39. The maximum absolute atomic E-state index is 12.0. The molecule has 0 bridgehead atoms. The van der Waals surface area contributed by atoms with Gasteiger partial charge in [0.25, 0.3) is 0 Å². The van der Waals surface area contributed by atoms with Crippen molar-refractivity contribution in [3.63, 3.8) is 0 Å². The summed E-state index contributed by atoms with van der Waals surface area (Å²) in [7, 11) is 0. The Balaban J connectivity index is 1.56. The number of piperidine rings is 1. The summed E-state index contributed by atoms with van der Waals surface area (Å²) in [6.07, 6.45) is 9.23. The number of carbonyl (C=O) groups is 1. The lowest BCUT2D eigenvalue weighted by Crippen LogP contribution is -2.48. The van der Waals surface area contributed by atoms with Crippen LogP contribution in [0.25, 0.3) is 0 Å². The van der Waals surface area contributed by atoms with Gasteiger partial charge in [-0.25, -0.2) is 4.79 Å². The number of aliphatic hydroxyl groups excluding tert-OH is 1. The SMILES string of the molecule is CC1CCCCN1CCCCNC(=O)NC1CCCC1(C)CO. The second kappa shape index (κ2) is 8.88. The number of hydrogen-bond donors (Lipinski definition) is 3. The molecule has 0 spiro atoms. The Labute approximate surface area is 141 Å². The largest absolute Gasteiger partial charge is 0.396 e. The third kappa shape index (κ3) is 5.35. The minimum atomic E-state index is -0.151. The van der Waals surface area contributed by atoms with Crippen LogP contribution in [0.4, 0.5) is 4.79 Å². The van der Waals surface area contributed by atoms with E-state index in [-0.39, 0.29) is 24.1 Å². The molecule has 0 aromatic carbocycles. The van der Waals surface area contributed by atoms with E-state index < -0.39 is 0 Å². The Kier molecular flexibility index (Phi) is 7.15. The molecule has 0 aromatic heterocycles. The van der Waals surface area contributed by atoms with Gasteiger partial charge in [-0.05, 0) is 58.5 Å². The zero-order chi connectivity index (χ0) is 16.7. The molecule has 2 amide bonds. The summed E-state index contributed by atoms with van der Waals surface area (Å²) in [6, 6.07) is 0.739. The van der Waals surface area contributed by atoms with E-state index in [4.69, 9.17) is 0 Å². The van der Waals surface area contributed by atoms with Crippen molar-refractivity contribution < 1.29 is 9.90 Å². The van der Waals surface area contributed by atoms with Crippen LogP contribution in [0.5, 0.6) is 0 Å². The van der Waals surface area contributed by atoms with Crippen LogP contribution in [0.1, 0.15) is 65.2 Å². The van der Waals surface area contributed by atoms with Crippen LogP contribution >= 0.6 is 0 Å². The third-order valence-corrected chi connectivity index (χ3v) is 5.85. The molecular weight excluding hydrogens is 290 g/mol. The Bertz CT molecular complexity index is 377. The summed E-state index contributed by atoms with van der Waals surface area (Å²) < 4.78 is 0. The molecule has 1 heterocycles. The molecule has 1 saturated carbocycles. The number of aliphatic hydroxyl groups is 1. The Morgan fingerprint density at radius 1 is 1.26 bits per heavy atom. The summed E-state index contributed by atoms with van der Waals surface area (Å²) in [4.78, 5) is 14.6. The van der Waals surface area contributed by atoms with E-state index in [9.17, 15) is 9.90 Å². The van der Waals surface area contributed by atoms with Crippen molar-refractivity contribution in [2.45, 2.75) is 77.3 Å². The van der Waals surface area contributed by atoms with Crippen LogP contribution in [0.2, 0.25) is 0 Å². The van der Waals surface area contributed by atoms with Crippen LogP contribution in [-0.4, -0.2) is 54.4 Å². The lowest BCUT2D eigenvalue weighted by atomic mass is 9.86. The smallest absolute Gasteiger partial charge is 0.315 e. The molecule has 0 aromatic rings. The van der Waals surface area contributed by atoms with Gasteiger partial charge in [-0.3, -0.25) is 0 Å². The van der Waals surface area contributed by atoms with Gasteiger partial charge in [0.2, 0.25) is 0 Å². The standard InChI is InChI=1S/C18H35N3O2/c1-15-8-3-5-12-21(15)13-6-4-11-19-17(23)20-16-9-7-10-18(16,2)14-22/h15-16,22H,3-14H2,1-2H3,(H2,19,20,23). The molecule has 134 valence electrons. The van der Waals surface area contributed by atoms with Gasteiger partial charge in [0, 0.05) is 24.0 Å². The predicted octanol–water partition coefficient (Wildman–Crippen LogP) is 2.49. The Morgan fingerprint density at radius 3 is 2.83 bits per heavy atom. The highest BCUT2D eigenvalue weighted by atomic mass is 16.3. The number of unbranched alkanes of at least 4 members (excludes halogenated alkanes) is 1. The van der Waals surface area contributed by atoms with Crippen molar-refractivity contribution in [2.24, 2.45) is 5.41 Å². The van der Waals surface area contributed by atoms with Crippen LogP contribution in [0.15, 0.2) is 0 Å². The first-order valence-electron chi connectivity index (χ1n) is 9.44. The first kappa shape index (κ1) is 18.5. The van der Waals surface area contributed by atoms with E-state index >= 15 is 0 Å². The number of nitrogens with one attached hydrogen (secondary N) is 2. The number of rotatable bonds is 7. The molecule has 23 heavy (non-hydrogen) atoms. The third-order valence-electron chi connectivity index (χ3n) is 5.85.